The molecule has 1 heterocycles. The van der Waals surface area contributed by atoms with E-state index in [0.29, 0.717) is 0 Å². The Balaban J connectivity index is 1.10. The second kappa shape index (κ2) is 13.8. The highest BCUT2D eigenvalue weighted by Gasteiger charge is 2.19. The van der Waals surface area contributed by atoms with Crippen LogP contribution in [0, 0.1) is 27.7 Å². The highest BCUT2D eigenvalue weighted by molar-refractivity contribution is 6.22. The quantitative estimate of drug-likeness (QED) is 0.150. The summed E-state index contributed by atoms with van der Waals surface area (Å²) < 4.78 is 2.42. The first-order valence-corrected chi connectivity index (χ1v) is 20.2. The highest BCUT2D eigenvalue weighted by Crippen LogP contribution is 2.46. The van der Waals surface area contributed by atoms with E-state index in [4.69, 9.17) is 0 Å². The fraction of sp³-hybridized carbons (Fsp3) is 0.107. The number of hydrogen-bond donors (Lipinski definition) is 0. The predicted octanol–water partition coefficient (Wildman–Crippen LogP) is 15.7. The van der Waals surface area contributed by atoms with Gasteiger partial charge >= 0.3 is 0 Å². The average molecular weight is 732 g/mol. The lowest BCUT2D eigenvalue weighted by Gasteiger charge is -2.21. The zero-order valence-electron chi connectivity index (χ0n) is 33.3. The molecule has 1 nitrogen and oxygen atoms in total. The molecule has 0 unspecified atom stereocenters. The Bertz CT molecular complexity index is 3070. The van der Waals surface area contributed by atoms with Crippen molar-refractivity contribution in [2.75, 3.05) is 0 Å². The van der Waals surface area contributed by atoms with Crippen molar-refractivity contribution in [1.82, 2.24) is 4.57 Å². The van der Waals surface area contributed by atoms with Gasteiger partial charge in [0.05, 0.1) is 0 Å². The van der Waals surface area contributed by atoms with Crippen molar-refractivity contribution in [3.8, 4) is 55.6 Å². The minimum Gasteiger partial charge on any atom is -0.341 e. The molecule has 0 aliphatic rings. The van der Waals surface area contributed by atoms with Crippen LogP contribution in [0.4, 0.5) is 0 Å². The van der Waals surface area contributed by atoms with Crippen LogP contribution in [0.25, 0.3) is 99.0 Å². The van der Waals surface area contributed by atoms with Crippen molar-refractivity contribution in [3.05, 3.63) is 192 Å². The first kappa shape index (κ1) is 34.8. The standard InChI is InChI=1S/C56H45N/c1-6-57-53-15-11-10-14-47(53)48-34-46(28-29-54(48)57)43-22-26-45(27-23-43)56-51-32-37(4)35(2)30-49(51)55(50-31-36(3)38(5)33-52(50)56)44-24-20-42(21-25-44)41-18-16-40(17-19-41)39-12-8-7-9-13-39/h7-34H,6H2,1-5H3. The van der Waals surface area contributed by atoms with Crippen molar-refractivity contribution in [1.29, 1.82) is 0 Å². The summed E-state index contributed by atoms with van der Waals surface area (Å²) in [6.07, 6.45) is 0. The summed E-state index contributed by atoms with van der Waals surface area (Å²) in [4.78, 5) is 0. The lowest BCUT2D eigenvalue weighted by molar-refractivity contribution is 0.827. The third-order valence-electron chi connectivity index (χ3n) is 12.4. The maximum Gasteiger partial charge on any atom is 0.0491 e. The second-order valence-corrected chi connectivity index (χ2v) is 15.8. The van der Waals surface area contributed by atoms with Gasteiger partial charge in [0.1, 0.15) is 0 Å². The van der Waals surface area contributed by atoms with Crippen molar-refractivity contribution in [2.24, 2.45) is 0 Å². The predicted molar refractivity (Wildman–Crippen MR) is 246 cm³/mol. The molecule has 0 radical (unpaired) electrons. The molecule has 0 fully saturated rings. The SMILES string of the molecule is CCn1c2ccccc2c2cc(-c3ccc(-c4c5cc(C)c(C)cc5c(-c5ccc(-c6ccc(-c7ccccc7)cc6)cc5)c5cc(C)c(C)cc45)cc3)ccc21. The third kappa shape index (κ3) is 5.85. The minimum atomic E-state index is 0.950. The van der Waals surface area contributed by atoms with Crippen LogP contribution >= 0.6 is 0 Å². The van der Waals surface area contributed by atoms with Gasteiger partial charge in [0.25, 0.3) is 0 Å². The molecule has 0 aliphatic carbocycles. The fourth-order valence-corrected chi connectivity index (χ4v) is 9.09. The molecule has 0 atom stereocenters. The van der Waals surface area contributed by atoms with E-state index in [2.05, 4.69) is 209 Å². The fourth-order valence-electron chi connectivity index (χ4n) is 9.09. The van der Waals surface area contributed by atoms with E-state index in [-0.39, 0.29) is 0 Å². The van der Waals surface area contributed by atoms with Crippen LogP contribution in [0.15, 0.2) is 170 Å². The van der Waals surface area contributed by atoms with Gasteiger partial charge in [0, 0.05) is 28.4 Å². The van der Waals surface area contributed by atoms with Crippen LogP contribution in [0.5, 0.6) is 0 Å². The Morgan fingerprint density at radius 2 is 0.649 bits per heavy atom. The van der Waals surface area contributed by atoms with E-state index in [9.17, 15) is 0 Å². The van der Waals surface area contributed by atoms with E-state index in [0.717, 1.165) is 6.54 Å². The molecular formula is C56H45N. The largest absolute Gasteiger partial charge is 0.341 e. The van der Waals surface area contributed by atoms with Gasteiger partial charge in [0.2, 0.25) is 0 Å². The number of para-hydroxylation sites is 1. The Morgan fingerprint density at radius 1 is 0.298 bits per heavy atom. The molecule has 0 bridgehead atoms. The van der Waals surface area contributed by atoms with E-state index < -0.39 is 0 Å². The smallest absolute Gasteiger partial charge is 0.0491 e. The molecule has 274 valence electrons. The molecular weight excluding hydrogens is 687 g/mol. The molecule has 0 spiro atoms. The third-order valence-corrected chi connectivity index (χ3v) is 12.4. The van der Waals surface area contributed by atoms with E-state index in [1.807, 2.05) is 0 Å². The first-order valence-electron chi connectivity index (χ1n) is 20.2. The minimum absolute atomic E-state index is 0.950. The lowest BCUT2D eigenvalue weighted by Crippen LogP contribution is -1.95. The Kier molecular flexibility index (Phi) is 8.42. The van der Waals surface area contributed by atoms with E-state index in [1.165, 1.54) is 121 Å². The van der Waals surface area contributed by atoms with Crippen molar-refractivity contribution < 1.29 is 0 Å². The van der Waals surface area contributed by atoms with E-state index >= 15 is 0 Å². The maximum atomic E-state index is 2.42. The number of aryl methyl sites for hydroxylation is 5. The van der Waals surface area contributed by atoms with Gasteiger partial charge in [-0.2, -0.15) is 0 Å². The van der Waals surface area contributed by atoms with Gasteiger partial charge < -0.3 is 4.57 Å². The van der Waals surface area contributed by atoms with Gasteiger partial charge in [-0.3, -0.25) is 0 Å². The normalized spacial score (nSPS) is 11.7. The summed E-state index contributed by atoms with van der Waals surface area (Å²) in [6, 6.07) is 63.5. The molecule has 0 aliphatic heterocycles. The van der Waals surface area contributed by atoms with Crippen molar-refractivity contribution in [2.45, 2.75) is 41.2 Å². The summed E-state index contributed by atoms with van der Waals surface area (Å²) >= 11 is 0. The van der Waals surface area contributed by atoms with Gasteiger partial charge in [0.15, 0.2) is 0 Å². The zero-order valence-corrected chi connectivity index (χ0v) is 33.3. The summed E-state index contributed by atoms with van der Waals surface area (Å²) in [7, 11) is 0. The van der Waals surface area contributed by atoms with Gasteiger partial charge in [-0.15, -0.1) is 0 Å². The van der Waals surface area contributed by atoms with Crippen LogP contribution < -0.4 is 0 Å². The van der Waals surface area contributed by atoms with Crippen molar-refractivity contribution >= 4 is 43.4 Å². The number of fused-ring (bicyclic) bond motifs is 5. The lowest BCUT2D eigenvalue weighted by atomic mass is 9.83. The Labute approximate surface area is 335 Å². The molecule has 0 saturated carbocycles. The van der Waals surface area contributed by atoms with Crippen LogP contribution in [0.3, 0.4) is 0 Å². The monoisotopic (exact) mass is 731 g/mol. The Hall–Kier alpha value is -6.70. The molecule has 0 saturated heterocycles. The van der Waals surface area contributed by atoms with Crippen molar-refractivity contribution in [3.63, 3.8) is 0 Å². The molecule has 1 aromatic heterocycles. The number of rotatable bonds is 6. The maximum absolute atomic E-state index is 2.42. The van der Waals surface area contributed by atoms with Crippen LogP contribution in [-0.4, -0.2) is 4.57 Å². The number of hydrogen-bond acceptors (Lipinski definition) is 0. The average Bonchev–Trinajstić information content (AvgIpc) is 3.57. The molecule has 57 heavy (non-hydrogen) atoms. The molecule has 10 aromatic rings. The zero-order chi connectivity index (χ0) is 38.8. The topological polar surface area (TPSA) is 4.93 Å². The summed E-state index contributed by atoms with van der Waals surface area (Å²) in [6.45, 7) is 12.2. The number of benzene rings is 9. The van der Waals surface area contributed by atoms with E-state index in [1.54, 1.807) is 0 Å². The molecule has 10 rings (SSSR count). The van der Waals surface area contributed by atoms with Crippen LogP contribution in [-0.2, 0) is 6.54 Å². The number of nitrogens with zero attached hydrogens (tertiary/aromatic N) is 1. The van der Waals surface area contributed by atoms with Crippen LogP contribution in [0.1, 0.15) is 29.2 Å². The molecule has 0 N–H and O–H groups in total. The summed E-state index contributed by atoms with van der Waals surface area (Å²) in [5, 5.41) is 7.81. The first-order chi connectivity index (χ1) is 27.9. The van der Waals surface area contributed by atoms with Gasteiger partial charge in [-0.1, -0.05) is 152 Å². The summed E-state index contributed by atoms with van der Waals surface area (Å²) in [5.41, 5.74) is 20.3. The van der Waals surface area contributed by atoms with Gasteiger partial charge in [-0.25, -0.2) is 0 Å². The number of aromatic nitrogens is 1. The van der Waals surface area contributed by atoms with Crippen LogP contribution in [0.2, 0.25) is 0 Å². The Morgan fingerprint density at radius 3 is 1.11 bits per heavy atom. The highest BCUT2D eigenvalue weighted by atomic mass is 15.0. The molecule has 1 heteroatoms. The molecule has 0 amide bonds. The molecule has 9 aromatic carbocycles. The summed E-state index contributed by atoms with van der Waals surface area (Å²) in [5.74, 6) is 0. The second-order valence-electron chi connectivity index (χ2n) is 15.8. The van der Waals surface area contributed by atoms with Gasteiger partial charge in [-0.05, 0) is 152 Å².